The summed E-state index contributed by atoms with van der Waals surface area (Å²) in [6.07, 6.45) is 10.1. The topological polar surface area (TPSA) is 0 Å². The maximum absolute atomic E-state index is 4.51. The number of fused-ring (bicyclic) bond motifs is 5. The van der Waals surface area contributed by atoms with Gasteiger partial charge in [0.2, 0.25) is 0 Å². The zero-order valence-electron chi connectivity index (χ0n) is 11.9. The minimum absolute atomic E-state index is 0.683. The summed E-state index contributed by atoms with van der Waals surface area (Å²) >= 11 is 4.51. The second kappa shape index (κ2) is 4.28. The molecule has 0 N–H and O–H groups in total. The number of thiol groups is 1. The Morgan fingerprint density at radius 1 is 1.16 bits per heavy atom. The number of hydrogen-bond acceptors (Lipinski definition) is 1. The van der Waals surface area contributed by atoms with Gasteiger partial charge in [-0.3, -0.25) is 0 Å². The van der Waals surface area contributed by atoms with E-state index in [4.69, 9.17) is 0 Å². The first-order valence-electron chi connectivity index (χ1n) is 7.99. The van der Waals surface area contributed by atoms with Crippen LogP contribution in [-0.4, -0.2) is 0 Å². The van der Waals surface area contributed by atoms with Crippen LogP contribution in [0.2, 0.25) is 0 Å². The van der Waals surface area contributed by atoms with Crippen molar-refractivity contribution in [3.05, 3.63) is 29.3 Å². The Morgan fingerprint density at radius 2 is 2.05 bits per heavy atom. The molecule has 2 fully saturated rings. The van der Waals surface area contributed by atoms with Crippen molar-refractivity contribution in [3.63, 3.8) is 0 Å². The number of benzene rings is 1. The van der Waals surface area contributed by atoms with Gasteiger partial charge in [-0.15, -0.1) is 12.6 Å². The van der Waals surface area contributed by atoms with Crippen molar-refractivity contribution < 1.29 is 0 Å². The Kier molecular flexibility index (Phi) is 2.78. The van der Waals surface area contributed by atoms with Crippen molar-refractivity contribution in [1.29, 1.82) is 0 Å². The highest BCUT2D eigenvalue weighted by Gasteiger charge is 2.49. The molecule has 1 heteroatoms. The summed E-state index contributed by atoms with van der Waals surface area (Å²) in [5.41, 5.74) is 3.95. The fourth-order valence-electron chi connectivity index (χ4n) is 5.56. The molecule has 19 heavy (non-hydrogen) atoms. The maximum Gasteiger partial charge on any atom is 0.00429 e. The Labute approximate surface area is 122 Å². The third kappa shape index (κ3) is 1.81. The van der Waals surface area contributed by atoms with Crippen molar-refractivity contribution in [2.75, 3.05) is 0 Å². The molecule has 4 rings (SSSR count). The van der Waals surface area contributed by atoms with Gasteiger partial charge in [-0.05, 0) is 85.0 Å². The molecule has 4 atom stereocenters. The van der Waals surface area contributed by atoms with E-state index in [0.717, 1.165) is 22.6 Å². The fourth-order valence-corrected chi connectivity index (χ4v) is 5.79. The highest BCUT2D eigenvalue weighted by Crippen LogP contribution is 2.60. The Bertz CT molecular complexity index is 506. The van der Waals surface area contributed by atoms with Crippen LogP contribution in [0.3, 0.4) is 0 Å². The number of hydrogen-bond donors (Lipinski definition) is 1. The third-order valence-corrected chi connectivity index (χ3v) is 6.77. The van der Waals surface area contributed by atoms with Gasteiger partial charge in [0.25, 0.3) is 0 Å². The molecule has 0 amide bonds. The van der Waals surface area contributed by atoms with Crippen LogP contribution < -0.4 is 0 Å². The molecule has 0 saturated heterocycles. The lowest BCUT2D eigenvalue weighted by atomic mass is 9.56. The first-order chi connectivity index (χ1) is 9.17. The summed E-state index contributed by atoms with van der Waals surface area (Å²) in [7, 11) is 0. The zero-order chi connectivity index (χ0) is 13.0. The Hall–Kier alpha value is -0.430. The van der Waals surface area contributed by atoms with Gasteiger partial charge in [0.1, 0.15) is 0 Å². The van der Waals surface area contributed by atoms with Crippen LogP contribution in [0, 0.1) is 17.3 Å². The zero-order valence-corrected chi connectivity index (χ0v) is 12.8. The predicted molar refractivity (Wildman–Crippen MR) is 82.9 cm³/mol. The molecule has 2 saturated carbocycles. The molecule has 0 bridgehead atoms. The normalized spacial score (nSPS) is 40.4. The van der Waals surface area contributed by atoms with E-state index in [9.17, 15) is 0 Å². The minimum atomic E-state index is 0.683. The molecule has 102 valence electrons. The molecule has 0 nitrogen and oxygen atoms in total. The lowest BCUT2D eigenvalue weighted by molar-refractivity contribution is 0.0598. The Balaban J connectivity index is 1.72. The second-order valence-corrected chi connectivity index (χ2v) is 7.90. The molecule has 3 aliphatic rings. The van der Waals surface area contributed by atoms with Gasteiger partial charge in [-0.2, -0.15) is 0 Å². The van der Waals surface area contributed by atoms with E-state index in [1.165, 1.54) is 44.9 Å². The smallest absolute Gasteiger partial charge is 0.00429 e. The van der Waals surface area contributed by atoms with Gasteiger partial charge in [0.05, 0.1) is 0 Å². The average Bonchev–Trinajstić information content (AvgIpc) is 2.79. The molecule has 0 heterocycles. The standard InChI is InChI=1S/C18H24S/c1-18-9-2-3-17(18)16-6-4-12-11-13(19)5-7-14(12)15(16)8-10-18/h5,7,11,15-17,19H,2-4,6,8-10H2,1H3/t15-,16-,17+,18+/m1/s1. The summed E-state index contributed by atoms with van der Waals surface area (Å²) < 4.78 is 0. The summed E-state index contributed by atoms with van der Waals surface area (Å²) in [4.78, 5) is 1.14. The van der Waals surface area contributed by atoms with Crippen LogP contribution in [-0.2, 0) is 6.42 Å². The van der Waals surface area contributed by atoms with Gasteiger partial charge >= 0.3 is 0 Å². The summed E-state index contributed by atoms with van der Waals surface area (Å²) in [6.45, 7) is 2.58. The molecule has 0 radical (unpaired) electrons. The third-order valence-electron chi connectivity index (χ3n) is 6.49. The second-order valence-electron chi connectivity index (χ2n) is 7.38. The van der Waals surface area contributed by atoms with Crippen molar-refractivity contribution in [1.82, 2.24) is 0 Å². The van der Waals surface area contributed by atoms with Crippen molar-refractivity contribution in [3.8, 4) is 0 Å². The molecular formula is C18H24S. The molecule has 0 spiro atoms. The van der Waals surface area contributed by atoms with Gasteiger partial charge in [0, 0.05) is 4.90 Å². The fraction of sp³-hybridized carbons (Fsp3) is 0.667. The van der Waals surface area contributed by atoms with E-state index >= 15 is 0 Å². The summed E-state index contributed by atoms with van der Waals surface area (Å²) in [5.74, 6) is 2.84. The highest BCUT2D eigenvalue weighted by molar-refractivity contribution is 7.80. The van der Waals surface area contributed by atoms with E-state index in [-0.39, 0.29) is 0 Å². The van der Waals surface area contributed by atoms with Crippen LogP contribution >= 0.6 is 12.6 Å². The van der Waals surface area contributed by atoms with E-state index in [1.54, 1.807) is 11.1 Å². The van der Waals surface area contributed by atoms with Gasteiger partial charge in [0.15, 0.2) is 0 Å². The summed E-state index contributed by atoms with van der Waals surface area (Å²) in [6, 6.07) is 6.90. The van der Waals surface area contributed by atoms with E-state index < -0.39 is 0 Å². The lowest BCUT2D eigenvalue weighted by Crippen LogP contribution is -2.39. The van der Waals surface area contributed by atoms with Gasteiger partial charge in [-0.1, -0.05) is 19.4 Å². The number of aryl methyl sites for hydroxylation is 1. The van der Waals surface area contributed by atoms with E-state index in [2.05, 4.69) is 37.8 Å². The van der Waals surface area contributed by atoms with Crippen LogP contribution in [0.25, 0.3) is 0 Å². The van der Waals surface area contributed by atoms with Crippen molar-refractivity contribution in [2.24, 2.45) is 17.3 Å². The minimum Gasteiger partial charge on any atom is -0.143 e. The highest BCUT2D eigenvalue weighted by atomic mass is 32.1. The molecule has 1 aromatic rings. The molecular weight excluding hydrogens is 248 g/mol. The first kappa shape index (κ1) is 12.3. The predicted octanol–water partition coefficient (Wildman–Crippen LogP) is 5.22. The van der Waals surface area contributed by atoms with Crippen LogP contribution in [0.5, 0.6) is 0 Å². The molecule has 3 aliphatic carbocycles. The molecule has 0 unspecified atom stereocenters. The first-order valence-corrected chi connectivity index (χ1v) is 8.44. The van der Waals surface area contributed by atoms with Gasteiger partial charge < -0.3 is 0 Å². The van der Waals surface area contributed by atoms with Crippen LogP contribution in [0.1, 0.15) is 62.5 Å². The largest absolute Gasteiger partial charge is 0.143 e. The molecule has 0 aromatic heterocycles. The monoisotopic (exact) mass is 272 g/mol. The van der Waals surface area contributed by atoms with Crippen LogP contribution in [0.15, 0.2) is 23.1 Å². The van der Waals surface area contributed by atoms with E-state index in [1.807, 2.05) is 0 Å². The Morgan fingerprint density at radius 3 is 2.95 bits per heavy atom. The van der Waals surface area contributed by atoms with Crippen LogP contribution in [0.4, 0.5) is 0 Å². The average molecular weight is 272 g/mol. The van der Waals surface area contributed by atoms with Crippen molar-refractivity contribution >= 4 is 12.6 Å². The van der Waals surface area contributed by atoms with Gasteiger partial charge in [-0.25, -0.2) is 0 Å². The molecule has 0 aliphatic heterocycles. The maximum atomic E-state index is 4.51. The number of rotatable bonds is 0. The molecule has 1 aromatic carbocycles. The SMILES string of the molecule is C[C@@]12CCC[C@H]1[C@@H]1CCc3cc(S)ccc3[C@H]1CC2. The van der Waals surface area contributed by atoms with Crippen molar-refractivity contribution in [2.45, 2.75) is 62.7 Å². The quantitative estimate of drug-likeness (QED) is 0.615. The lowest BCUT2D eigenvalue weighted by Gasteiger charge is -2.49. The summed E-state index contributed by atoms with van der Waals surface area (Å²) in [5, 5.41) is 0. The van der Waals surface area contributed by atoms with E-state index in [0.29, 0.717) is 5.41 Å².